The van der Waals surface area contributed by atoms with E-state index in [1.165, 1.54) is 11.1 Å². The molecule has 1 N–H and O–H groups in total. The summed E-state index contributed by atoms with van der Waals surface area (Å²) in [4.78, 5) is 0. The Morgan fingerprint density at radius 2 is 2.21 bits per heavy atom. The molecule has 0 saturated heterocycles. The largest absolute Gasteiger partial charge is 0.489 e. The number of fused-ring (bicyclic) bond motifs is 1. The van der Waals surface area contributed by atoms with E-state index in [-0.39, 0.29) is 0 Å². The summed E-state index contributed by atoms with van der Waals surface area (Å²) in [5.74, 6) is 0.827. The highest BCUT2D eigenvalue weighted by molar-refractivity contribution is 7.07. The van der Waals surface area contributed by atoms with E-state index >= 15 is 0 Å². The van der Waals surface area contributed by atoms with Crippen molar-refractivity contribution in [3.63, 3.8) is 0 Å². The Bertz CT molecular complexity index is 590. The third-order valence-corrected chi connectivity index (χ3v) is 4.09. The Labute approximate surface area is 116 Å². The van der Waals surface area contributed by atoms with Crippen molar-refractivity contribution in [1.82, 2.24) is 0 Å². The molecular weight excluding hydrogens is 258 g/mol. The van der Waals surface area contributed by atoms with Crippen LogP contribution in [-0.2, 0) is 13.0 Å². The van der Waals surface area contributed by atoms with Crippen LogP contribution in [0.25, 0.3) is 0 Å². The normalized spacial score (nSPS) is 16.3. The van der Waals surface area contributed by atoms with E-state index in [4.69, 9.17) is 9.94 Å². The predicted molar refractivity (Wildman–Crippen MR) is 76.4 cm³/mol. The highest BCUT2D eigenvalue weighted by atomic mass is 32.1. The molecule has 0 bridgehead atoms. The number of hydrogen-bond acceptors (Lipinski definition) is 4. The van der Waals surface area contributed by atoms with Gasteiger partial charge in [-0.2, -0.15) is 11.3 Å². The van der Waals surface area contributed by atoms with Crippen molar-refractivity contribution in [2.45, 2.75) is 25.9 Å². The summed E-state index contributed by atoms with van der Waals surface area (Å²) in [6.45, 7) is 0.577. The maximum atomic E-state index is 9.06. The second-order valence-corrected chi connectivity index (χ2v) is 5.42. The molecule has 0 fully saturated rings. The quantitative estimate of drug-likeness (QED) is 0.682. The highest BCUT2D eigenvalue weighted by Crippen LogP contribution is 2.26. The second-order valence-electron chi connectivity index (χ2n) is 4.64. The Hall–Kier alpha value is -1.81. The molecule has 1 heterocycles. The van der Waals surface area contributed by atoms with Crippen LogP contribution in [0.5, 0.6) is 5.75 Å². The summed E-state index contributed by atoms with van der Waals surface area (Å²) in [5, 5.41) is 16.6. The molecule has 0 radical (unpaired) electrons. The van der Waals surface area contributed by atoms with Crippen molar-refractivity contribution >= 4 is 17.0 Å². The molecule has 0 spiro atoms. The standard InChI is InChI=1S/C15H15NO2S/c17-16-15-3-1-2-12-4-5-13(8-14(12)15)18-9-11-6-7-19-10-11/h4-8,10,17H,1-3,9H2/b16-15-. The first-order chi connectivity index (χ1) is 9.36. The van der Waals surface area contributed by atoms with Gasteiger partial charge in [-0.1, -0.05) is 11.2 Å². The Balaban J connectivity index is 1.80. The van der Waals surface area contributed by atoms with E-state index in [1.807, 2.05) is 17.5 Å². The summed E-state index contributed by atoms with van der Waals surface area (Å²) in [6, 6.07) is 8.10. The van der Waals surface area contributed by atoms with Crippen LogP contribution < -0.4 is 4.74 Å². The molecule has 2 aromatic rings. The molecule has 0 aliphatic heterocycles. The third kappa shape index (κ3) is 2.63. The average molecular weight is 273 g/mol. The molecular formula is C15H15NO2S. The molecule has 1 aromatic carbocycles. The van der Waals surface area contributed by atoms with Gasteiger partial charge in [-0.05, 0) is 59.3 Å². The number of rotatable bonds is 3. The topological polar surface area (TPSA) is 41.8 Å². The van der Waals surface area contributed by atoms with Gasteiger partial charge in [-0.25, -0.2) is 0 Å². The first kappa shape index (κ1) is 12.2. The van der Waals surface area contributed by atoms with E-state index < -0.39 is 0 Å². The van der Waals surface area contributed by atoms with Crippen molar-refractivity contribution in [2.75, 3.05) is 0 Å². The van der Waals surface area contributed by atoms with Gasteiger partial charge in [0.2, 0.25) is 0 Å². The Kier molecular flexibility index (Phi) is 3.51. The van der Waals surface area contributed by atoms with E-state index in [9.17, 15) is 0 Å². The Morgan fingerprint density at radius 1 is 1.26 bits per heavy atom. The van der Waals surface area contributed by atoms with Gasteiger partial charge in [0.1, 0.15) is 12.4 Å². The first-order valence-corrected chi connectivity index (χ1v) is 7.29. The second kappa shape index (κ2) is 5.45. The molecule has 1 aliphatic rings. The van der Waals surface area contributed by atoms with Gasteiger partial charge >= 0.3 is 0 Å². The Morgan fingerprint density at radius 3 is 3.00 bits per heavy atom. The molecule has 0 amide bonds. The SMILES string of the molecule is O/N=C1/CCCc2ccc(OCc3ccsc3)cc21. The molecule has 19 heavy (non-hydrogen) atoms. The highest BCUT2D eigenvalue weighted by Gasteiger charge is 2.16. The smallest absolute Gasteiger partial charge is 0.120 e. The van der Waals surface area contributed by atoms with Crippen molar-refractivity contribution in [3.05, 3.63) is 51.7 Å². The predicted octanol–water partition coefficient (Wildman–Crippen LogP) is 3.84. The number of oxime groups is 1. The molecule has 3 rings (SSSR count). The van der Waals surface area contributed by atoms with Gasteiger partial charge in [0.25, 0.3) is 0 Å². The number of hydrogen-bond donors (Lipinski definition) is 1. The fraction of sp³-hybridized carbons (Fsp3) is 0.267. The lowest BCUT2D eigenvalue weighted by Gasteiger charge is -2.17. The average Bonchev–Trinajstić information content (AvgIpc) is 2.97. The van der Waals surface area contributed by atoms with E-state index in [0.717, 1.165) is 36.3 Å². The lowest BCUT2D eigenvalue weighted by Crippen LogP contribution is -2.12. The van der Waals surface area contributed by atoms with Crippen molar-refractivity contribution in [1.29, 1.82) is 0 Å². The maximum absolute atomic E-state index is 9.06. The van der Waals surface area contributed by atoms with Crippen LogP contribution >= 0.6 is 11.3 Å². The summed E-state index contributed by atoms with van der Waals surface area (Å²) in [6.07, 6.45) is 2.91. The summed E-state index contributed by atoms with van der Waals surface area (Å²) in [5.41, 5.74) is 4.21. The molecule has 0 atom stereocenters. The fourth-order valence-electron chi connectivity index (χ4n) is 2.36. The van der Waals surface area contributed by atoms with Crippen LogP contribution in [0, 0.1) is 0 Å². The zero-order valence-electron chi connectivity index (χ0n) is 10.5. The van der Waals surface area contributed by atoms with Crippen LogP contribution in [0.4, 0.5) is 0 Å². The molecule has 3 nitrogen and oxygen atoms in total. The fourth-order valence-corrected chi connectivity index (χ4v) is 3.01. The lowest BCUT2D eigenvalue weighted by atomic mass is 9.90. The number of thiophene rings is 1. The minimum Gasteiger partial charge on any atom is -0.489 e. The maximum Gasteiger partial charge on any atom is 0.120 e. The van der Waals surface area contributed by atoms with Gasteiger partial charge in [-0.15, -0.1) is 0 Å². The van der Waals surface area contributed by atoms with E-state index in [1.54, 1.807) is 11.3 Å². The van der Waals surface area contributed by atoms with Crippen LogP contribution in [0.15, 0.2) is 40.2 Å². The van der Waals surface area contributed by atoms with Crippen molar-refractivity contribution in [3.8, 4) is 5.75 Å². The molecule has 1 aliphatic carbocycles. The van der Waals surface area contributed by atoms with Crippen LogP contribution in [0.2, 0.25) is 0 Å². The number of benzene rings is 1. The van der Waals surface area contributed by atoms with Crippen LogP contribution in [0.1, 0.15) is 29.5 Å². The summed E-state index contributed by atoms with van der Waals surface area (Å²) >= 11 is 1.67. The first-order valence-electron chi connectivity index (χ1n) is 6.35. The van der Waals surface area contributed by atoms with Gasteiger partial charge in [0.05, 0.1) is 5.71 Å². The number of aryl methyl sites for hydroxylation is 1. The van der Waals surface area contributed by atoms with Crippen molar-refractivity contribution in [2.24, 2.45) is 5.16 Å². The van der Waals surface area contributed by atoms with Gasteiger partial charge in [-0.3, -0.25) is 0 Å². The molecule has 0 unspecified atom stereocenters. The zero-order valence-corrected chi connectivity index (χ0v) is 11.3. The lowest BCUT2D eigenvalue weighted by molar-refractivity contribution is 0.306. The van der Waals surface area contributed by atoms with Gasteiger partial charge < -0.3 is 9.94 Å². The third-order valence-electron chi connectivity index (χ3n) is 3.36. The minimum absolute atomic E-state index is 0.577. The van der Waals surface area contributed by atoms with Gasteiger partial charge in [0, 0.05) is 5.56 Å². The molecule has 0 saturated carbocycles. The minimum atomic E-state index is 0.577. The number of ether oxygens (including phenoxy) is 1. The summed E-state index contributed by atoms with van der Waals surface area (Å²) in [7, 11) is 0. The zero-order chi connectivity index (χ0) is 13.1. The number of nitrogens with zero attached hydrogens (tertiary/aromatic N) is 1. The van der Waals surface area contributed by atoms with Gasteiger partial charge in [0.15, 0.2) is 0 Å². The monoisotopic (exact) mass is 273 g/mol. The van der Waals surface area contributed by atoms with Crippen LogP contribution in [-0.4, -0.2) is 10.9 Å². The van der Waals surface area contributed by atoms with E-state index in [2.05, 4.69) is 22.7 Å². The molecule has 4 heteroatoms. The van der Waals surface area contributed by atoms with E-state index in [0.29, 0.717) is 6.61 Å². The molecule has 98 valence electrons. The molecule has 1 aromatic heterocycles. The van der Waals surface area contributed by atoms with Crippen molar-refractivity contribution < 1.29 is 9.94 Å². The van der Waals surface area contributed by atoms with Crippen LogP contribution in [0.3, 0.4) is 0 Å². The summed E-state index contributed by atoms with van der Waals surface area (Å²) < 4.78 is 5.78.